The molecule has 0 radical (unpaired) electrons. The number of hydrogen-bond acceptors (Lipinski definition) is 4. The van der Waals surface area contributed by atoms with Crippen LogP contribution in [-0.2, 0) is 4.84 Å². The van der Waals surface area contributed by atoms with Gasteiger partial charge in [0.25, 0.3) is 0 Å². The zero-order valence-electron chi connectivity index (χ0n) is 12.8. The van der Waals surface area contributed by atoms with Crippen LogP contribution in [0.1, 0.15) is 33.3 Å². The lowest BCUT2D eigenvalue weighted by atomic mass is 10.1. The fourth-order valence-corrected chi connectivity index (χ4v) is 2.08. The van der Waals surface area contributed by atoms with Crippen molar-refractivity contribution in [2.75, 3.05) is 13.2 Å². The van der Waals surface area contributed by atoms with Crippen LogP contribution < -0.4 is 5.32 Å². The van der Waals surface area contributed by atoms with Crippen LogP contribution in [0.5, 0.6) is 0 Å². The van der Waals surface area contributed by atoms with Gasteiger partial charge in [-0.2, -0.15) is 0 Å². The highest BCUT2D eigenvalue weighted by Crippen LogP contribution is 2.21. The van der Waals surface area contributed by atoms with E-state index in [1.54, 1.807) is 25.1 Å². The Morgan fingerprint density at radius 1 is 1.38 bits per heavy atom. The summed E-state index contributed by atoms with van der Waals surface area (Å²) in [5.74, 6) is 0. The van der Waals surface area contributed by atoms with E-state index >= 15 is 0 Å². The van der Waals surface area contributed by atoms with Crippen molar-refractivity contribution < 1.29 is 9.94 Å². The molecule has 0 aromatic heterocycles. The summed E-state index contributed by atoms with van der Waals surface area (Å²) in [4.78, 5) is 5.17. The number of oxime groups is 1. The fraction of sp³-hybridized carbons (Fsp3) is 0.533. The molecule has 1 atom stereocenters. The molecule has 1 unspecified atom stereocenters. The Hall–Kier alpha value is -0.810. The second-order valence-corrected chi connectivity index (χ2v) is 6.72. The summed E-state index contributed by atoms with van der Waals surface area (Å²) < 4.78 is 0. The molecule has 0 heterocycles. The maximum Gasteiger partial charge on any atom is 0.144 e. The lowest BCUT2D eigenvalue weighted by Gasteiger charge is -2.22. The number of aliphatic hydroxyl groups excluding tert-OH is 1. The first kappa shape index (κ1) is 18.2. The van der Waals surface area contributed by atoms with Gasteiger partial charge in [0.2, 0.25) is 0 Å². The minimum Gasteiger partial charge on any atom is -0.393 e. The Morgan fingerprint density at radius 2 is 2.05 bits per heavy atom. The van der Waals surface area contributed by atoms with Gasteiger partial charge >= 0.3 is 0 Å². The van der Waals surface area contributed by atoms with E-state index in [0.717, 1.165) is 5.56 Å². The maximum atomic E-state index is 9.79. The average Bonchev–Trinajstić information content (AvgIpc) is 2.35. The molecule has 0 saturated carbocycles. The van der Waals surface area contributed by atoms with Gasteiger partial charge in [0.15, 0.2) is 0 Å². The Labute approximate surface area is 136 Å². The first-order chi connectivity index (χ1) is 9.69. The van der Waals surface area contributed by atoms with Gasteiger partial charge in [0.05, 0.1) is 10.7 Å². The Morgan fingerprint density at radius 3 is 2.62 bits per heavy atom. The summed E-state index contributed by atoms with van der Waals surface area (Å²) in [5.41, 5.74) is 1.34. The third-order valence-electron chi connectivity index (χ3n) is 2.66. The molecule has 1 aromatic rings. The van der Waals surface area contributed by atoms with Gasteiger partial charge in [0, 0.05) is 22.7 Å². The number of aliphatic hydroxyl groups is 1. The quantitative estimate of drug-likeness (QED) is 0.619. The summed E-state index contributed by atoms with van der Waals surface area (Å²) in [6.07, 6.45) is -0.624. The monoisotopic (exact) mass is 332 g/mol. The highest BCUT2D eigenvalue weighted by atomic mass is 35.5. The second-order valence-electron chi connectivity index (χ2n) is 5.88. The molecule has 2 N–H and O–H groups in total. The Balaban J connectivity index is 2.49. The molecule has 118 valence electrons. The minimum atomic E-state index is -0.624. The first-order valence-electron chi connectivity index (χ1n) is 6.74. The van der Waals surface area contributed by atoms with Crippen molar-refractivity contribution >= 4 is 28.9 Å². The summed E-state index contributed by atoms with van der Waals surface area (Å²) in [6.45, 7) is 8.45. The minimum absolute atomic E-state index is 0.0446. The highest BCUT2D eigenvalue weighted by Gasteiger charge is 2.12. The number of benzene rings is 1. The zero-order chi connectivity index (χ0) is 16.0. The molecule has 0 aliphatic heterocycles. The van der Waals surface area contributed by atoms with Crippen LogP contribution in [-0.4, -0.2) is 35.6 Å². The molecule has 0 aliphatic rings. The van der Waals surface area contributed by atoms with Crippen molar-refractivity contribution in [1.29, 1.82) is 0 Å². The second kappa shape index (κ2) is 7.99. The number of nitrogens with zero attached hydrogens (tertiary/aromatic N) is 1. The van der Waals surface area contributed by atoms with E-state index in [1.807, 2.05) is 20.8 Å². The van der Waals surface area contributed by atoms with Crippen LogP contribution in [0.4, 0.5) is 0 Å². The van der Waals surface area contributed by atoms with Crippen molar-refractivity contribution in [2.24, 2.45) is 5.16 Å². The third kappa shape index (κ3) is 7.14. The van der Waals surface area contributed by atoms with Gasteiger partial charge in [-0.3, -0.25) is 0 Å². The zero-order valence-corrected chi connectivity index (χ0v) is 14.3. The summed E-state index contributed by atoms with van der Waals surface area (Å²) in [6, 6.07) is 5.17. The van der Waals surface area contributed by atoms with E-state index in [4.69, 9.17) is 28.0 Å². The molecule has 21 heavy (non-hydrogen) atoms. The molecule has 1 rings (SSSR count). The van der Waals surface area contributed by atoms with Gasteiger partial charge < -0.3 is 15.3 Å². The molecule has 0 saturated heterocycles. The van der Waals surface area contributed by atoms with Crippen LogP contribution in [0.3, 0.4) is 0 Å². The molecule has 0 spiro atoms. The number of nitrogens with one attached hydrogen (secondary N) is 1. The van der Waals surface area contributed by atoms with E-state index in [1.165, 1.54) is 0 Å². The molecular formula is C15H22Cl2N2O2. The van der Waals surface area contributed by atoms with Crippen molar-refractivity contribution in [3.63, 3.8) is 0 Å². The average molecular weight is 333 g/mol. The molecule has 4 nitrogen and oxygen atoms in total. The van der Waals surface area contributed by atoms with E-state index in [2.05, 4.69) is 10.5 Å². The summed E-state index contributed by atoms with van der Waals surface area (Å²) in [5, 5.41) is 18.0. The van der Waals surface area contributed by atoms with Crippen LogP contribution in [0, 0.1) is 0 Å². The van der Waals surface area contributed by atoms with E-state index in [0.29, 0.717) is 22.3 Å². The van der Waals surface area contributed by atoms with Crippen molar-refractivity contribution in [3.05, 3.63) is 33.8 Å². The lowest BCUT2D eigenvalue weighted by Crippen LogP contribution is -2.42. The fourth-order valence-electron chi connectivity index (χ4n) is 1.54. The maximum absolute atomic E-state index is 9.79. The standard InChI is InChI=1S/C15H22Cl2N2O2/c1-10(13-6-5-11(16)7-14(13)17)19-21-9-12(20)8-18-15(2,3)4/h5-7,12,18,20H,8-9H2,1-4H3/b19-10+. The smallest absolute Gasteiger partial charge is 0.144 e. The van der Waals surface area contributed by atoms with Gasteiger partial charge in [-0.1, -0.05) is 34.4 Å². The van der Waals surface area contributed by atoms with Crippen LogP contribution >= 0.6 is 23.2 Å². The highest BCUT2D eigenvalue weighted by molar-refractivity contribution is 6.36. The SMILES string of the molecule is C/C(=N\OCC(O)CNC(C)(C)C)c1ccc(Cl)cc1Cl. The number of halogens is 2. The molecule has 6 heteroatoms. The predicted molar refractivity (Wildman–Crippen MR) is 88.4 cm³/mol. The van der Waals surface area contributed by atoms with Gasteiger partial charge in [-0.25, -0.2) is 0 Å². The third-order valence-corrected chi connectivity index (χ3v) is 3.21. The summed E-state index contributed by atoms with van der Waals surface area (Å²) >= 11 is 11.9. The summed E-state index contributed by atoms with van der Waals surface area (Å²) in [7, 11) is 0. The Bertz CT molecular complexity index is 499. The topological polar surface area (TPSA) is 53.9 Å². The largest absolute Gasteiger partial charge is 0.393 e. The van der Waals surface area contributed by atoms with Crippen molar-refractivity contribution in [3.8, 4) is 0 Å². The number of rotatable bonds is 6. The molecule has 0 fully saturated rings. The predicted octanol–water partition coefficient (Wildman–Crippen LogP) is 3.48. The van der Waals surface area contributed by atoms with E-state index in [-0.39, 0.29) is 12.1 Å². The molecule has 0 aliphatic carbocycles. The molecular weight excluding hydrogens is 311 g/mol. The number of β-amino-alcohol motifs (C(OH)–C–C–N with tert-alkyl or cyclic N) is 1. The first-order valence-corrected chi connectivity index (χ1v) is 7.50. The molecule has 1 aromatic carbocycles. The van der Waals surface area contributed by atoms with Crippen molar-refractivity contribution in [1.82, 2.24) is 5.32 Å². The van der Waals surface area contributed by atoms with E-state index < -0.39 is 6.10 Å². The van der Waals surface area contributed by atoms with Crippen molar-refractivity contribution in [2.45, 2.75) is 39.3 Å². The molecule has 0 bridgehead atoms. The van der Waals surface area contributed by atoms with Gasteiger partial charge in [-0.15, -0.1) is 0 Å². The Kier molecular flexibility index (Phi) is 6.94. The van der Waals surface area contributed by atoms with Crippen LogP contribution in [0.25, 0.3) is 0 Å². The van der Waals surface area contributed by atoms with E-state index in [9.17, 15) is 5.11 Å². The normalized spacial score (nSPS) is 14.1. The van der Waals surface area contributed by atoms with Crippen LogP contribution in [0.15, 0.2) is 23.4 Å². The molecule has 0 amide bonds. The van der Waals surface area contributed by atoms with Crippen LogP contribution in [0.2, 0.25) is 10.0 Å². The van der Waals surface area contributed by atoms with Gasteiger partial charge in [0.1, 0.15) is 12.7 Å². The lowest BCUT2D eigenvalue weighted by molar-refractivity contribution is 0.0373. The number of hydrogen-bond donors (Lipinski definition) is 2. The van der Waals surface area contributed by atoms with Gasteiger partial charge in [-0.05, 0) is 39.8 Å².